The average molecular weight is 218 g/mol. The second-order valence-electron chi connectivity index (χ2n) is 4.33. The molecule has 0 aliphatic rings. The first-order valence-electron chi connectivity index (χ1n) is 5.00. The van der Waals surface area contributed by atoms with E-state index in [0.29, 0.717) is 0 Å². The smallest absolute Gasteiger partial charge is 0.315 e. The first kappa shape index (κ1) is 13.6. The Morgan fingerprint density at radius 3 is 2.43 bits per heavy atom. The quantitative estimate of drug-likeness (QED) is 0.695. The van der Waals surface area contributed by atoms with Crippen LogP contribution < -0.4 is 10.6 Å². The van der Waals surface area contributed by atoms with E-state index in [1.807, 2.05) is 32.5 Å². The molecule has 0 radical (unpaired) electrons. The molecule has 2 N–H and O–H groups in total. The number of unbranched alkanes of at least 4 members (excludes halogenated alkanes) is 1. The van der Waals surface area contributed by atoms with Gasteiger partial charge in [0.2, 0.25) is 0 Å². The minimum Gasteiger partial charge on any atom is -0.338 e. The molecule has 0 bridgehead atoms. The van der Waals surface area contributed by atoms with Crippen molar-refractivity contribution >= 4 is 17.8 Å². The molecule has 2 amide bonds. The standard InChI is InChI=1S/C10H22N2OS/c1-10(2,3)12-9(13)11-7-5-6-8-14-4/h5-8H2,1-4H3,(H2,11,12,13). The summed E-state index contributed by atoms with van der Waals surface area (Å²) in [5.74, 6) is 1.17. The van der Waals surface area contributed by atoms with E-state index in [1.165, 1.54) is 5.75 Å². The largest absolute Gasteiger partial charge is 0.338 e. The molecule has 0 unspecified atom stereocenters. The Bertz CT molecular complexity index is 166. The predicted octanol–water partition coefficient (Wildman–Crippen LogP) is 2.23. The lowest BCUT2D eigenvalue weighted by Crippen LogP contribution is -2.46. The van der Waals surface area contributed by atoms with Gasteiger partial charge < -0.3 is 10.6 Å². The fourth-order valence-electron chi connectivity index (χ4n) is 0.958. The van der Waals surface area contributed by atoms with Gasteiger partial charge in [0.25, 0.3) is 0 Å². The van der Waals surface area contributed by atoms with Crippen LogP contribution in [0.15, 0.2) is 0 Å². The van der Waals surface area contributed by atoms with E-state index < -0.39 is 0 Å². The molecule has 0 aliphatic heterocycles. The number of nitrogens with one attached hydrogen (secondary N) is 2. The van der Waals surface area contributed by atoms with Crippen LogP contribution in [0.1, 0.15) is 33.6 Å². The van der Waals surface area contributed by atoms with E-state index >= 15 is 0 Å². The highest BCUT2D eigenvalue weighted by molar-refractivity contribution is 7.98. The molecule has 0 aliphatic carbocycles. The third-order valence-corrected chi connectivity index (χ3v) is 2.25. The second kappa shape index (κ2) is 6.98. The number of carbonyl (C=O) groups is 1. The van der Waals surface area contributed by atoms with E-state index in [4.69, 9.17) is 0 Å². The molecule has 0 saturated carbocycles. The molecule has 0 spiro atoms. The van der Waals surface area contributed by atoms with Crippen molar-refractivity contribution in [3.05, 3.63) is 0 Å². The normalized spacial score (nSPS) is 11.1. The van der Waals surface area contributed by atoms with Crippen molar-refractivity contribution in [2.45, 2.75) is 39.2 Å². The van der Waals surface area contributed by atoms with Crippen LogP contribution in [0.2, 0.25) is 0 Å². The van der Waals surface area contributed by atoms with Crippen LogP contribution in [-0.2, 0) is 0 Å². The van der Waals surface area contributed by atoms with Crippen molar-refractivity contribution in [1.82, 2.24) is 10.6 Å². The van der Waals surface area contributed by atoms with Gasteiger partial charge in [0, 0.05) is 12.1 Å². The van der Waals surface area contributed by atoms with Crippen molar-refractivity contribution in [3.63, 3.8) is 0 Å². The van der Waals surface area contributed by atoms with Gasteiger partial charge in [-0.1, -0.05) is 0 Å². The van der Waals surface area contributed by atoms with Gasteiger partial charge in [-0.05, 0) is 45.6 Å². The highest BCUT2D eigenvalue weighted by Crippen LogP contribution is 1.99. The zero-order chi connectivity index (χ0) is 11.0. The Morgan fingerprint density at radius 1 is 1.29 bits per heavy atom. The van der Waals surface area contributed by atoms with E-state index in [-0.39, 0.29) is 11.6 Å². The van der Waals surface area contributed by atoms with Crippen molar-refractivity contribution in [2.75, 3.05) is 18.6 Å². The molecule has 84 valence electrons. The lowest BCUT2D eigenvalue weighted by Gasteiger charge is -2.20. The van der Waals surface area contributed by atoms with Gasteiger partial charge in [-0.3, -0.25) is 0 Å². The van der Waals surface area contributed by atoms with Gasteiger partial charge in [0.1, 0.15) is 0 Å². The highest BCUT2D eigenvalue weighted by Gasteiger charge is 2.12. The lowest BCUT2D eigenvalue weighted by molar-refractivity contribution is 0.232. The van der Waals surface area contributed by atoms with Crippen molar-refractivity contribution < 1.29 is 4.79 Å². The summed E-state index contributed by atoms with van der Waals surface area (Å²) in [5, 5.41) is 5.69. The number of rotatable bonds is 5. The summed E-state index contributed by atoms with van der Waals surface area (Å²) in [6.45, 7) is 6.68. The minimum atomic E-state index is -0.149. The van der Waals surface area contributed by atoms with Gasteiger partial charge >= 0.3 is 6.03 Å². The van der Waals surface area contributed by atoms with Gasteiger partial charge in [-0.2, -0.15) is 11.8 Å². The Balaban J connectivity index is 3.36. The summed E-state index contributed by atoms with van der Waals surface area (Å²) in [6.07, 6.45) is 4.31. The minimum absolute atomic E-state index is 0.0679. The van der Waals surface area contributed by atoms with Crippen LogP contribution in [0.4, 0.5) is 4.79 Å². The van der Waals surface area contributed by atoms with Gasteiger partial charge in [-0.15, -0.1) is 0 Å². The summed E-state index contributed by atoms with van der Waals surface area (Å²) in [6, 6.07) is -0.0679. The molecule has 0 saturated heterocycles. The Kier molecular flexibility index (Phi) is 6.79. The summed E-state index contributed by atoms with van der Waals surface area (Å²) < 4.78 is 0. The monoisotopic (exact) mass is 218 g/mol. The fourth-order valence-corrected chi connectivity index (χ4v) is 1.45. The number of urea groups is 1. The van der Waals surface area contributed by atoms with Crippen LogP contribution >= 0.6 is 11.8 Å². The average Bonchev–Trinajstić information content (AvgIpc) is 2.00. The Labute approximate surface area is 91.4 Å². The number of hydrogen-bond acceptors (Lipinski definition) is 2. The van der Waals surface area contributed by atoms with E-state index in [9.17, 15) is 4.79 Å². The molecular weight excluding hydrogens is 196 g/mol. The molecule has 0 rings (SSSR count). The van der Waals surface area contributed by atoms with E-state index in [1.54, 1.807) is 0 Å². The summed E-state index contributed by atoms with van der Waals surface area (Å²) in [4.78, 5) is 11.3. The molecule has 14 heavy (non-hydrogen) atoms. The van der Waals surface area contributed by atoms with E-state index in [0.717, 1.165) is 19.4 Å². The molecule has 0 aromatic rings. The maximum Gasteiger partial charge on any atom is 0.315 e. The second-order valence-corrected chi connectivity index (χ2v) is 5.32. The number of hydrogen-bond donors (Lipinski definition) is 2. The number of amides is 2. The SMILES string of the molecule is CSCCCCNC(=O)NC(C)(C)C. The molecule has 0 aromatic heterocycles. The summed E-state index contributed by atoms with van der Waals surface area (Å²) in [7, 11) is 0. The zero-order valence-corrected chi connectivity index (χ0v) is 10.5. The third-order valence-electron chi connectivity index (χ3n) is 1.55. The van der Waals surface area contributed by atoms with Crippen LogP contribution in [0.3, 0.4) is 0 Å². The van der Waals surface area contributed by atoms with Crippen LogP contribution in [0.5, 0.6) is 0 Å². The fraction of sp³-hybridized carbons (Fsp3) is 0.900. The third kappa shape index (κ3) is 9.71. The maximum atomic E-state index is 11.3. The van der Waals surface area contributed by atoms with Gasteiger partial charge in [0.05, 0.1) is 0 Å². The van der Waals surface area contributed by atoms with Crippen LogP contribution in [-0.4, -0.2) is 30.1 Å². The zero-order valence-electron chi connectivity index (χ0n) is 9.64. The molecule has 0 atom stereocenters. The lowest BCUT2D eigenvalue weighted by atomic mass is 10.1. The maximum absolute atomic E-state index is 11.3. The first-order valence-corrected chi connectivity index (χ1v) is 6.40. The molecule has 3 nitrogen and oxygen atoms in total. The van der Waals surface area contributed by atoms with E-state index in [2.05, 4.69) is 16.9 Å². The predicted molar refractivity (Wildman–Crippen MR) is 63.9 cm³/mol. The van der Waals surface area contributed by atoms with Crippen LogP contribution in [0.25, 0.3) is 0 Å². The summed E-state index contributed by atoms with van der Waals surface area (Å²) >= 11 is 1.84. The topological polar surface area (TPSA) is 41.1 Å². The van der Waals surface area contributed by atoms with Crippen LogP contribution in [0, 0.1) is 0 Å². The summed E-state index contributed by atoms with van der Waals surface area (Å²) in [5.41, 5.74) is -0.149. The van der Waals surface area contributed by atoms with Crippen molar-refractivity contribution in [1.29, 1.82) is 0 Å². The number of carbonyl (C=O) groups excluding carboxylic acids is 1. The molecular formula is C10H22N2OS. The Hall–Kier alpha value is -0.380. The number of thioether (sulfide) groups is 1. The molecule has 0 fully saturated rings. The van der Waals surface area contributed by atoms with Gasteiger partial charge in [0.15, 0.2) is 0 Å². The first-order chi connectivity index (χ1) is 6.45. The molecule has 4 heteroatoms. The van der Waals surface area contributed by atoms with Crippen molar-refractivity contribution in [3.8, 4) is 0 Å². The highest BCUT2D eigenvalue weighted by atomic mass is 32.2. The van der Waals surface area contributed by atoms with Crippen molar-refractivity contribution in [2.24, 2.45) is 0 Å². The molecule has 0 aromatic carbocycles. The Morgan fingerprint density at radius 2 is 1.93 bits per heavy atom. The molecule has 0 heterocycles. The van der Waals surface area contributed by atoms with Gasteiger partial charge in [-0.25, -0.2) is 4.79 Å².